The molecule has 0 bridgehead atoms. The molecule has 2 heterocycles. The molecule has 2 amide bonds. The third-order valence-corrected chi connectivity index (χ3v) is 4.84. The number of aromatic nitrogens is 1. The lowest BCUT2D eigenvalue weighted by molar-refractivity contribution is -0.128. The van der Waals surface area contributed by atoms with Crippen LogP contribution in [0, 0.1) is 12.8 Å². The summed E-state index contributed by atoms with van der Waals surface area (Å²) in [5.41, 5.74) is 0.392. The van der Waals surface area contributed by atoms with E-state index in [4.69, 9.17) is 11.6 Å². The summed E-state index contributed by atoms with van der Waals surface area (Å²) in [6, 6.07) is 0.461. The van der Waals surface area contributed by atoms with Gasteiger partial charge in [-0.1, -0.05) is 11.6 Å². The van der Waals surface area contributed by atoms with Crippen molar-refractivity contribution in [1.82, 2.24) is 15.2 Å². The topological polar surface area (TPSA) is 62.3 Å². The molecule has 1 aliphatic carbocycles. The van der Waals surface area contributed by atoms with E-state index in [1.807, 2.05) is 11.8 Å². The van der Waals surface area contributed by atoms with Crippen molar-refractivity contribution in [2.24, 2.45) is 5.92 Å². The standard InChI is InChI=1S/C13H16ClN3O2S/c1-7-11(16-13(14)20-7)12(19)15-5-8-4-10(18)17(6-8)9-2-3-9/h8-9H,2-6H2,1H3,(H,15,19)/t8-/m0/s1. The highest BCUT2D eigenvalue weighted by atomic mass is 35.5. The zero-order valence-electron chi connectivity index (χ0n) is 11.2. The number of thiazole rings is 1. The Morgan fingerprint density at radius 3 is 2.90 bits per heavy atom. The summed E-state index contributed by atoms with van der Waals surface area (Å²) in [4.78, 5) is 30.6. The van der Waals surface area contributed by atoms with Crippen LogP contribution in [0.4, 0.5) is 0 Å². The maximum absolute atomic E-state index is 12.0. The van der Waals surface area contributed by atoms with Gasteiger partial charge in [-0.05, 0) is 19.8 Å². The van der Waals surface area contributed by atoms with Gasteiger partial charge in [0, 0.05) is 36.3 Å². The third-order valence-electron chi connectivity index (χ3n) is 3.76. The molecule has 0 spiro atoms. The van der Waals surface area contributed by atoms with E-state index in [2.05, 4.69) is 10.3 Å². The maximum atomic E-state index is 12.0. The van der Waals surface area contributed by atoms with Crippen LogP contribution in [-0.4, -0.2) is 40.8 Å². The molecule has 20 heavy (non-hydrogen) atoms. The quantitative estimate of drug-likeness (QED) is 0.922. The van der Waals surface area contributed by atoms with Gasteiger partial charge in [0.1, 0.15) is 5.69 Å². The first kappa shape index (κ1) is 13.8. The van der Waals surface area contributed by atoms with E-state index in [0.29, 0.717) is 29.2 Å². The fourth-order valence-electron chi connectivity index (χ4n) is 2.58. The highest BCUT2D eigenvalue weighted by Crippen LogP contribution is 2.32. The van der Waals surface area contributed by atoms with Gasteiger partial charge in [-0.25, -0.2) is 4.98 Å². The van der Waals surface area contributed by atoms with E-state index >= 15 is 0 Å². The second-order valence-electron chi connectivity index (χ2n) is 5.43. The Kier molecular flexibility index (Phi) is 3.69. The molecule has 1 atom stereocenters. The average Bonchev–Trinajstić information content (AvgIpc) is 3.09. The number of rotatable bonds is 4. The number of hydrogen-bond donors (Lipinski definition) is 1. The summed E-state index contributed by atoms with van der Waals surface area (Å²) >= 11 is 7.09. The number of aryl methyl sites for hydroxylation is 1. The van der Waals surface area contributed by atoms with Crippen LogP contribution in [0.15, 0.2) is 0 Å². The minimum absolute atomic E-state index is 0.206. The molecule has 1 aliphatic heterocycles. The highest BCUT2D eigenvalue weighted by Gasteiger charge is 2.39. The Labute approximate surface area is 126 Å². The Bertz CT molecular complexity index is 556. The minimum Gasteiger partial charge on any atom is -0.350 e. The summed E-state index contributed by atoms with van der Waals surface area (Å²) in [6.07, 6.45) is 2.79. The van der Waals surface area contributed by atoms with E-state index in [1.54, 1.807) is 0 Å². The fourth-order valence-corrected chi connectivity index (χ4v) is 3.64. The summed E-state index contributed by atoms with van der Waals surface area (Å²) in [7, 11) is 0. The Hall–Kier alpha value is -1.14. The van der Waals surface area contributed by atoms with Crippen molar-refractivity contribution in [1.29, 1.82) is 0 Å². The summed E-state index contributed by atoms with van der Waals surface area (Å²) < 4.78 is 0.378. The molecule has 2 fully saturated rings. The maximum Gasteiger partial charge on any atom is 0.271 e. The number of carbonyl (C=O) groups is 2. The van der Waals surface area contributed by atoms with Gasteiger partial charge in [-0.3, -0.25) is 9.59 Å². The van der Waals surface area contributed by atoms with Gasteiger partial charge in [0.15, 0.2) is 4.47 Å². The van der Waals surface area contributed by atoms with Crippen LogP contribution in [0.25, 0.3) is 0 Å². The first-order chi connectivity index (χ1) is 9.54. The van der Waals surface area contributed by atoms with Crippen LogP contribution in [-0.2, 0) is 4.79 Å². The molecule has 0 radical (unpaired) electrons. The SMILES string of the molecule is Cc1sc(Cl)nc1C(=O)NC[C@@H]1CC(=O)N(C2CC2)C1. The Morgan fingerprint density at radius 2 is 2.30 bits per heavy atom. The molecule has 7 heteroatoms. The van der Waals surface area contributed by atoms with Crippen molar-refractivity contribution in [3.63, 3.8) is 0 Å². The smallest absolute Gasteiger partial charge is 0.271 e. The number of carbonyl (C=O) groups excluding carboxylic acids is 2. The fraction of sp³-hybridized carbons (Fsp3) is 0.615. The van der Waals surface area contributed by atoms with Crippen LogP contribution in [0.3, 0.4) is 0 Å². The van der Waals surface area contributed by atoms with Crippen molar-refractivity contribution in [3.8, 4) is 0 Å². The van der Waals surface area contributed by atoms with Gasteiger partial charge in [-0.15, -0.1) is 11.3 Å². The molecule has 1 aromatic rings. The molecule has 2 aliphatic rings. The largest absolute Gasteiger partial charge is 0.350 e. The zero-order valence-corrected chi connectivity index (χ0v) is 12.8. The molecule has 0 unspecified atom stereocenters. The van der Waals surface area contributed by atoms with Crippen molar-refractivity contribution in [2.75, 3.05) is 13.1 Å². The van der Waals surface area contributed by atoms with E-state index in [1.165, 1.54) is 11.3 Å². The van der Waals surface area contributed by atoms with E-state index in [-0.39, 0.29) is 17.7 Å². The molecule has 1 saturated heterocycles. The summed E-state index contributed by atoms with van der Waals surface area (Å²) in [5, 5.41) is 2.86. The van der Waals surface area contributed by atoms with Crippen LogP contribution in [0.5, 0.6) is 0 Å². The lowest BCUT2D eigenvalue weighted by Gasteiger charge is -2.15. The molecule has 1 N–H and O–H groups in total. The lowest BCUT2D eigenvalue weighted by Crippen LogP contribution is -2.32. The number of nitrogens with one attached hydrogen (secondary N) is 1. The second-order valence-corrected chi connectivity index (χ2v) is 7.21. The summed E-state index contributed by atoms with van der Waals surface area (Å²) in [6.45, 7) is 3.11. The molecule has 5 nitrogen and oxygen atoms in total. The molecule has 1 aromatic heterocycles. The van der Waals surface area contributed by atoms with Crippen molar-refractivity contribution in [2.45, 2.75) is 32.2 Å². The van der Waals surface area contributed by atoms with Gasteiger partial charge in [0.05, 0.1) is 0 Å². The van der Waals surface area contributed by atoms with Gasteiger partial charge in [0.2, 0.25) is 5.91 Å². The first-order valence-electron chi connectivity index (χ1n) is 6.75. The molecular weight excluding hydrogens is 298 g/mol. The number of likely N-dealkylation sites (tertiary alicyclic amines) is 1. The van der Waals surface area contributed by atoms with Gasteiger partial charge in [0.25, 0.3) is 5.91 Å². The number of halogens is 1. The molecule has 108 valence electrons. The molecule has 0 aromatic carbocycles. The number of nitrogens with zero attached hydrogens (tertiary/aromatic N) is 2. The second kappa shape index (κ2) is 5.33. The molecule has 3 rings (SSSR count). The zero-order chi connectivity index (χ0) is 14.3. The van der Waals surface area contributed by atoms with Crippen molar-refractivity contribution < 1.29 is 9.59 Å². The monoisotopic (exact) mass is 313 g/mol. The van der Waals surface area contributed by atoms with Crippen LogP contribution in [0.2, 0.25) is 4.47 Å². The highest BCUT2D eigenvalue weighted by molar-refractivity contribution is 7.15. The van der Waals surface area contributed by atoms with Crippen molar-refractivity contribution >= 4 is 34.8 Å². The van der Waals surface area contributed by atoms with E-state index < -0.39 is 0 Å². The summed E-state index contributed by atoms with van der Waals surface area (Å²) in [5.74, 6) is 0.226. The van der Waals surface area contributed by atoms with Crippen LogP contribution >= 0.6 is 22.9 Å². The Balaban J connectivity index is 1.53. The molecular formula is C13H16ClN3O2S. The average molecular weight is 314 g/mol. The predicted octanol–water partition coefficient (Wildman–Crippen LogP) is 1.85. The van der Waals surface area contributed by atoms with Gasteiger partial charge in [-0.2, -0.15) is 0 Å². The number of amides is 2. The van der Waals surface area contributed by atoms with Gasteiger partial charge < -0.3 is 10.2 Å². The third kappa shape index (κ3) is 2.81. The Morgan fingerprint density at radius 1 is 1.55 bits per heavy atom. The van der Waals surface area contributed by atoms with Crippen LogP contribution in [0.1, 0.15) is 34.6 Å². The van der Waals surface area contributed by atoms with E-state index in [9.17, 15) is 9.59 Å². The van der Waals surface area contributed by atoms with Crippen molar-refractivity contribution in [3.05, 3.63) is 15.0 Å². The van der Waals surface area contributed by atoms with E-state index in [0.717, 1.165) is 24.3 Å². The first-order valence-corrected chi connectivity index (χ1v) is 7.94. The number of hydrogen-bond acceptors (Lipinski definition) is 4. The normalized spacial score (nSPS) is 22.4. The van der Waals surface area contributed by atoms with Gasteiger partial charge >= 0.3 is 0 Å². The minimum atomic E-state index is -0.206. The lowest BCUT2D eigenvalue weighted by atomic mass is 10.1. The molecule has 1 saturated carbocycles. The van der Waals surface area contributed by atoms with Crippen LogP contribution < -0.4 is 5.32 Å². The predicted molar refractivity (Wildman–Crippen MR) is 77.0 cm³/mol.